The van der Waals surface area contributed by atoms with Crippen LogP contribution in [-0.4, -0.2) is 27.7 Å². The third-order valence-corrected chi connectivity index (χ3v) is 3.00. The van der Waals surface area contributed by atoms with E-state index in [0.717, 1.165) is 22.3 Å². The van der Waals surface area contributed by atoms with E-state index in [1.807, 2.05) is 24.5 Å². The molecule has 0 aliphatic rings. The van der Waals surface area contributed by atoms with Crippen LogP contribution in [0.1, 0.15) is 12.5 Å². The first kappa shape index (κ1) is 13.0. The summed E-state index contributed by atoms with van der Waals surface area (Å²) in [6, 6.07) is 1.97. The van der Waals surface area contributed by atoms with E-state index in [4.69, 9.17) is 17.0 Å². The van der Waals surface area contributed by atoms with Crippen molar-refractivity contribution in [3.63, 3.8) is 0 Å². The van der Waals surface area contributed by atoms with Gasteiger partial charge in [0.05, 0.1) is 25.3 Å². The van der Waals surface area contributed by atoms with Crippen LogP contribution in [0, 0.1) is 11.7 Å². The average molecular weight is 263 g/mol. The number of rotatable bonds is 5. The molecule has 2 aromatic heterocycles. The van der Waals surface area contributed by atoms with Gasteiger partial charge in [-0.1, -0.05) is 12.2 Å². The van der Waals surface area contributed by atoms with Gasteiger partial charge in [0.1, 0.15) is 0 Å². The highest BCUT2D eigenvalue weighted by Gasteiger charge is 2.06. The zero-order valence-corrected chi connectivity index (χ0v) is 11.5. The van der Waals surface area contributed by atoms with E-state index in [1.54, 1.807) is 6.20 Å². The SMILES string of the molecule is C=C(C)COCCn1c(=S)[nH]c2c(C)ccnc21. The molecule has 1 N–H and O–H groups in total. The quantitative estimate of drug-likeness (QED) is 0.512. The van der Waals surface area contributed by atoms with Crippen LogP contribution < -0.4 is 0 Å². The van der Waals surface area contributed by atoms with Crippen LogP contribution in [0.2, 0.25) is 0 Å². The zero-order valence-electron chi connectivity index (χ0n) is 10.7. The van der Waals surface area contributed by atoms with E-state index in [0.29, 0.717) is 24.5 Å². The molecule has 0 saturated heterocycles. The van der Waals surface area contributed by atoms with Crippen molar-refractivity contribution in [3.8, 4) is 0 Å². The summed E-state index contributed by atoms with van der Waals surface area (Å²) in [7, 11) is 0. The van der Waals surface area contributed by atoms with E-state index in [1.165, 1.54) is 0 Å². The normalized spacial score (nSPS) is 11.0. The van der Waals surface area contributed by atoms with E-state index < -0.39 is 0 Å². The van der Waals surface area contributed by atoms with Crippen LogP contribution in [0.3, 0.4) is 0 Å². The molecular weight excluding hydrogens is 246 g/mol. The summed E-state index contributed by atoms with van der Waals surface area (Å²) in [6.07, 6.45) is 1.80. The minimum Gasteiger partial charge on any atom is -0.375 e. The second-order valence-electron chi connectivity index (χ2n) is 4.42. The fourth-order valence-corrected chi connectivity index (χ4v) is 2.06. The molecule has 0 aliphatic carbocycles. The molecule has 2 heterocycles. The van der Waals surface area contributed by atoms with Gasteiger partial charge in [-0.3, -0.25) is 4.57 Å². The first-order chi connectivity index (χ1) is 8.59. The lowest BCUT2D eigenvalue weighted by Gasteiger charge is -2.05. The third-order valence-electron chi connectivity index (χ3n) is 2.68. The van der Waals surface area contributed by atoms with E-state index in [-0.39, 0.29) is 0 Å². The number of aryl methyl sites for hydroxylation is 1. The molecule has 4 nitrogen and oxygen atoms in total. The molecular formula is C13H17N3OS. The van der Waals surface area contributed by atoms with Crippen molar-refractivity contribution in [3.05, 3.63) is 34.7 Å². The van der Waals surface area contributed by atoms with Crippen LogP contribution >= 0.6 is 12.2 Å². The number of aromatic nitrogens is 3. The van der Waals surface area contributed by atoms with E-state index in [9.17, 15) is 0 Å². The Labute approximate surface area is 111 Å². The zero-order chi connectivity index (χ0) is 13.1. The summed E-state index contributed by atoms with van der Waals surface area (Å²) in [6.45, 7) is 9.67. The molecule has 0 amide bonds. The first-order valence-electron chi connectivity index (χ1n) is 5.86. The molecule has 2 rings (SSSR count). The third kappa shape index (κ3) is 2.68. The number of hydrogen-bond donors (Lipinski definition) is 1. The summed E-state index contributed by atoms with van der Waals surface area (Å²) < 4.78 is 8.15. The molecule has 2 aromatic rings. The molecule has 0 atom stereocenters. The number of pyridine rings is 1. The van der Waals surface area contributed by atoms with Gasteiger partial charge in [0.2, 0.25) is 0 Å². The minimum absolute atomic E-state index is 0.585. The molecule has 18 heavy (non-hydrogen) atoms. The van der Waals surface area contributed by atoms with Crippen LogP contribution in [0.4, 0.5) is 0 Å². The Balaban J connectivity index is 2.18. The second-order valence-corrected chi connectivity index (χ2v) is 4.80. The van der Waals surface area contributed by atoms with Gasteiger partial charge in [-0.2, -0.15) is 0 Å². The number of nitrogens with zero attached hydrogens (tertiary/aromatic N) is 2. The molecule has 0 unspecified atom stereocenters. The molecule has 0 aromatic carbocycles. The van der Waals surface area contributed by atoms with Crippen molar-refractivity contribution in [2.75, 3.05) is 13.2 Å². The van der Waals surface area contributed by atoms with Gasteiger partial charge in [0.25, 0.3) is 0 Å². The standard InChI is InChI=1S/C13H17N3OS/c1-9(2)8-17-7-6-16-12-11(15-13(16)18)10(3)4-5-14-12/h4-5H,1,6-8H2,2-3H3,(H,15,18). The Morgan fingerprint density at radius 2 is 2.39 bits per heavy atom. The van der Waals surface area contributed by atoms with Gasteiger partial charge in [-0.05, 0) is 37.7 Å². The summed E-state index contributed by atoms with van der Waals surface area (Å²) in [5, 5.41) is 0. The van der Waals surface area contributed by atoms with Crippen molar-refractivity contribution in [1.29, 1.82) is 0 Å². The average Bonchev–Trinajstić information content (AvgIpc) is 2.63. The Morgan fingerprint density at radius 3 is 3.11 bits per heavy atom. The number of nitrogens with one attached hydrogen (secondary N) is 1. The van der Waals surface area contributed by atoms with Crippen molar-refractivity contribution in [2.45, 2.75) is 20.4 Å². The lowest BCUT2D eigenvalue weighted by molar-refractivity contribution is 0.148. The summed E-state index contributed by atoms with van der Waals surface area (Å²) in [4.78, 5) is 7.56. The number of aromatic amines is 1. The number of imidazole rings is 1. The Bertz CT molecular complexity index is 627. The van der Waals surface area contributed by atoms with Crippen molar-refractivity contribution >= 4 is 23.4 Å². The molecule has 5 heteroatoms. The summed E-state index contributed by atoms with van der Waals surface area (Å²) in [5.74, 6) is 0. The first-order valence-corrected chi connectivity index (χ1v) is 6.26. The highest BCUT2D eigenvalue weighted by molar-refractivity contribution is 7.71. The molecule has 96 valence electrons. The van der Waals surface area contributed by atoms with Gasteiger partial charge >= 0.3 is 0 Å². The van der Waals surface area contributed by atoms with Crippen molar-refractivity contribution < 1.29 is 4.74 Å². The Kier molecular flexibility index (Phi) is 3.93. The number of ether oxygens (including phenoxy) is 1. The number of H-pyrrole nitrogens is 1. The van der Waals surface area contributed by atoms with Gasteiger partial charge in [-0.25, -0.2) is 4.98 Å². The van der Waals surface area contributed by atoms with Crippen molar-refractivity contribution in [1.82, 2.24) is 14.5 Å². The van der Waals surface area contributed by atoms with Crippen molar-refractivity contribution in [2.24, 2.45) is 0 Å². The molecule has 0 saturated carbocycles. The molecule has 0 radical (unpaired) electrons. The fraction of sp³-hybridized carbons (Fsp3) is 0.385. The van der Waals surface area contributed by atoms with Crippen LogP contribution in [0.15, 0.2) is 24.4 Å². The Hall–Kier alpha value is -1.46. The highest BCUT2D eigenvalue weighted by atomic mass is 32.1. The predicted octanol–water partition coefficient (Wildman–Crippen LogP) is 3.00. The lowest BCUT2D eigenvalue weighted by atomic mass is 10.3. The van der Waals surface area contributed by atoms with Gasteiger partial charge in [-0.15, -0.1) is 0 Å². The largest absolute Gasteiger partial charge is 0.375 e. The predicted molar refractivity (Wildman–Crippen MR) is 75.3 cm³/mol. The fourth-order valence-electron chi connectivity index (χ4n) is 1.78. The smallest absolute Gasteiger partial charge is 0.179 e. The Morgan fingerprint density at radius 1 is 1.61 bits per heavy atom. The van der Waals surface area contributed by atoms with Gasteiger partial charge in [0, 0.05) is 6.20 Å². The van der Waals surface area contributed by atoms with E-state index >= 15 is 0 Å². The lowest BCUT2D eigenvalue weighted by Crippen LogP contribution is -2.07. The number of fused-ring (bicyclic) bond motifs is 1. The molecule has 0 aliphatic heterocycles. The summed E-state index contributed by atoms with van der Waals surface area (Å²) in [5.41, 5.74) is 4.06. The van der Waals surface area contributed by atoms with Crippen LogP contribution in [-0.2, 0) is 11.3 Å². The highest BCUT2D eigenvalue weighted by Crippen LogP contribution is 2.15. The van der Waals surface area contributed by atoms with Crippen LogP contribution in [0.5, 0.6) is 0 Å². The topological polar surface area (TPSA) is 42.8 Å². The monoisotopic (exact) mass is 263 g/mol. The van der Waals surface area contributed by atoms with E-state index in [2.05, 4.69) is 16.5 Å². The number of hydrogen-bond acceptors (Lipinski definition) is 3. The van der Waals surface area contributed by atoms with Gasteiger partial charge < -0.3 is 9.72 Å². The van der Waals surface area contributed by atoms with Gasteiger partial charge in [0.15, 0.2) is 10.4 Å². The second kappa shape index (κ2) is 5.46. The summed E-state index contributed by atoms with van der Waals surface area (Å²) >= 11 is 5.31. The maximum absolute atomic E-state index is 5.49. The maximum atomic E-state index is 5.49. The minimum atomic E-state index is 0.585. The molecule has 0 bridgehead atoms. The molecule has 0 fully saturated rings. The van der Waals surface area contributed by atoms with Crippen LogP contribution in [0.25, 0.3) is 11.2 Å². The maximum Gasteiger partial charge on any atom is 0.179 e. The molecule has 0 spiro atoms.